The highest BCUT2D eigenvalue weighted by molar-refractivity contribution is 7.13. The summed E-state index contributed by atoms with van der Waals surface area (Å²) in [5, 5.41) is 29.2. The highest BCUT2D eigenvalue weighted by Gasteiger charge is 2.61. The molecule has 2 aliphatic heterocycles. The van der Waals surface area contributed by atoms with Crippen LogP contribution in [0.4, 0.5) is 0 Å². The lowest BCUT2D eigenvalue weighted by molar-refractivity contribution is -0.145. The number of pyridine rings is 1. The van der Waals surface area contributed by atoms with Gasteiger partial charge in [-0.05, 0) is 62.1 Å². The van der Waals surface area contributed by atoms with Crippen molar-refractivity contribution in [1.29, 1.82) is 0 Å². The Kier molecular flexibility index (Phi) is 9.86. The molecule has 3 amide bonds. The average Bonchev–Trinajstić information content (AvgIpc) is 3.66. The number of rotatable bonds is 7. The first kappa shape index (κ1) is 36.0. The Labute approximate surface area is 320 Å². The second-order valence-electron chi connectivity index (χ2n) is 14.2. The minimum absolute atomic E-state index is 0.0506. The molecule has 14 nitrogen and oxygen atoms in total. The number of ether oxygens (including phenoxy) is 1. The number of nitrogens with zero attached hydrogens (tertiary/aromatic N) is 6. The van der Waals surface area contributed by atoms with Crippen molar-refractivity contribution in [3.05, 3.63) is 90.1 Å². The number of thiazole rings is 1. The van der Waals surface area contributed by atoms with Gasteiger partial charge in [0.2, 0.25) is 11.8 Å². The average molecular weight is 761 g/mol. The molecule has 1 saturated carbocycles. The topological polar surface area (TPSA) is 182 Å². The van der Waals surface area contributed by atoms with E-state index in [0.29, 0.717) is 40.5 Å². The van der Waals surface area contributed by atoms with E-state index in [1.54, 1.807) is 19.4 Å². The van der Waals surface area contributed by atoms with Crippen LogP contribution in [0.2, 0.25) is 0 Å². The number of hydrogen-bond acceptors (Lipinski definition) is 10. The number of benzene rings is 2. The lowest BCUT2D eigenvalue weighted by Crippen LogP contribution is -2.56. The maximum atomic E-state index is 14.7. The van der Waals surface area contributed by atoms with Gasteiger partial charge in [0.15, 0.2) is 0 Å². The van der Waals surface area contributed by atoms with Gasteiger partial charge in [-0.2, -0.15) is 9.90 Å². The van der Waals surface area contributed by atoms with Gasteiger partial charge in [0, 0.05) is 41.4 Å². The molecule has 0 radical (unpaired) electrons. The summed E-state index contributed by atoms with van der Waals surface area (Å²) in [5.74, 6) is -2.31. The molecule has 3 N–H and O–H groups in total. The number of amides is 3. The van der Waals surface area contributed by atoms with Gasteiger partial charge in [0.1, 0.15) is 45.5 Å². The Morgan fingerprint density at radius 2 is 1.84 bits per heavy atom. The molecule has 5 heterocycles. The molecule has 1 saturated heterocycles. The SMILES string of the molecule is COc1ccc(-c2nn([C@H]3C[C@H]4C(=O)N[C@]5(C(=O)O)C[C@H]5C=CCCCCC[C@H](NC(=O)c5ccc6ccccc6n5)C(=O)N4C3)nc2-c2nccs2)cc1. The number of carboxylic acid groups (broad SMARTS) is 1. The maximum Gasteiger partial charge on any atom is 0.330 e. The van der Waals surface area contributed by atoms with Gasteiger partial charge in [-0.1, -0.05) is 49.3 Å². The zero-order valence-corrected chi connectivity index (χ0v) is 30.9. The van der Waals surface area contributed by atoms with E-state index in [2.05, 4.69) is 20.6 Å². The number of carboxylic acids is 1. The minimum Gasteiger partial charge on any atom is -0.497 e. The fraction of sp³-hybridized carbons (Fsp3) is 0.350. The molecule has 0 unspecified atom stereocenters. The summed E-state index contributed by atoms with van der Waals surface area (Å²) in [6.07, 6.45) is 9.26. The fourth-order valence-electron chi connectivity index (χ4n) is 7.58. The summed E-state index contributed by atoms with van der Waals surface area (Å²) in [7, 11) is 1.59. The number of nitrogens with one attached hydrogen (secondary N) is 2. The second kappa shape index (κ2) is 15.1. The highest BCUT2D eigenvalue weighted by atomic mass is 32.1. The van der Waals surface area contributed by atoms with E-state index in [1.807, 2.05) is 72.1 Å². The van der Waals surface area contributed by atoms with Crippen LogP contribution in [0.15, 0.2) is 84.4 Å². The van der Waals surface area contributed by atoms with E-state index < -0.39 is 47.4 Å². The van der Waals surface area contributed by atoms with Gasteiger partial charge in [-0.25, -0.2) is 14.8 Å². The Hall–Kier alpha value is -5.96. The summed E-state index contributed by atoms with van der Waals surface area (Å²) in [5.41, 5.74) is 1.26. The number of para-hydroxylation sites is 1. The Morgan fingerprint density at radius 3 is 2.62 bits per heavy atom. The molecule has 5 atom stereocenters. The number of hydrogen-bond donors (Lipinski definition) is 3. The van der Waals surface area contributed by atoms with Gasteiger partial charge < -0.3 is 25.4 Å². The first-order valence-electron chi connectivity index (χ1n) is 18.4. The first-order chi connectivity index (χ1) is 26.7. The third-order valence-electron chi connectivity index (χ3n) is 10.7. The summed E-state index contributed by atoms with van der Waals surface area (Å²) >= 11 is 1.41. The monoisotopic (exact) mass is 760 g/mol. The van der Waals surface area contributed by atoms with Crippen LogP contribution in [0.5, 0.6) is 5.75 Å². The van der Waals surface area contributed by atoms with Crippen molar-refractivity contribution in [3.63, 3.8) is 0 Å². The zero-order valence-electron chi connectivity index (χ0n) is 30.1. The van der Waals surface area contributed by atoms with Crippen LogP contribution in [0, 0.1) is 5.92 Å². The van der Waals surface area contributed by atoms with E-state index in [9.17, 15) is 24.3 Å². The van der Waals surface area contributed by atoms with E-state index in [0.717, 1.165) is 30.2 Å². The highest BCUT2D eigenvalue weighted by Crippen LogP contribution is 2.46. The molecule has 0 bridgehead atoms. The summed E-state index contributed by atoms with van der Waals surface area (Å²) < 4.78 is 5.35. The van der Waals surface area contributed by atoms with Gasteiger partial charge in [0.25, 0.3) is 5.91 Å². The molecular formula is C40H40N8O6S. The fourth-order valence-corrected chi connectivity index (χ4v) is 8.20. The molecule has 8 rings (SSSR count). The summed E-state index contributed by atoms with van der Waals surface area (Å²) in [6.45, 7) is 0.0506. The van der Waals surface area contributed by atoms with E-state index in [1.165, 1.54) is 21.0 Å². The van der Waals surface area contributed by atoms with Crippen molar-refractivity contribution in [2.75, 3.05) is 13.7 Å². The molecule has 5 aromatic rings. The van der Waals surface area contributed by atoms with Crippen molar-refractivity contribution < 1.29 is 29.0 Å². The number of methoxy groups -OCH3 is 1. The molecule has 3 aliphatic rings. The summed E-state index contributed by atoms with van der Waals surface area (Å²) in [4.78, 5) is 67.3. The van der Waals surface area contributed by atoms with E-state index in [4.69, 9.17) is 14.9 Å². The zero-order chi connectivity index (χ0) is 38.1. The van der Waals surface area contributed by atoms with E-state index in [-0.39, 0.29) is 31.0 Å². The number of carbonyl (C=O) groups excluding carboxylic acids is 3. The molecule has 2 fully saturated rings. The number of aliphatic carboxylic acids is 1. The lowest BCUT2D eigenvalue weighted by Gasteiger charge is -2.29. The van der Waals surface area contributed by atoms with Crippen LogP contribution in [0.3, 0.4) is 0 Å². The van der Waals surface area contributed by atoms with Crippen LogP contribution in [-0.4, -0.2) is 89.9 Å². The molecule has 1 aliphatic carbocycles. The molecular weight excluding hydrogens is 721 g/mol. The van der Waals surface area contributed by atoms with Crippen molar-refractivity contribution in [3.8, 4) is 27.7 Å². The minimum atomic E-state index is -1.46. The number of allylic oxidation sites excluding steroid dienone is 1. The van der Waals surface area contributed by atoms with Crippen molar-refractivity contribution >= 4 is 45.9 Å². The smallest absolute Gasteiger partial charge is 0.330 e. The van der Waals surface area contributed by atoms with Crippen molar-refractivity contribution in [2.24, 2.45) is 5.92 Å². The standard InChI is InChI=1S/C40H40N8O6S/c1-54-28-16-13-25(14-17-28)33-34(37-41-19-20-55-37)46-48(45-33)27-21-32-36(50)44-40(39(52)53)22-26(40)10-5-3-2-4-6-12-31(38(51)47(32)23-27)43-35(49)30-18-15-24-9-7-8-11-29(24)42-30/h5,7-11,13-20,26-27,31-32H,2-4,6,12,21-23H2,1H3,(H,43,49)(H,44,50)(H,52,53)/t26-,27+,31+,32+,40-/m1/s1. The third kappa shape index (κ3) is 7.19. The Balaban J connectivity index is 1.14. The number of aromatic nitrogens is 5. The van der Waals surface area contributed by atoms with Crippen LogP contribution >= 0.6 is 11.3 Å². The van der Waals surface area contributed by atoms with Crippen LogP contribution in [-0.2, 0) is 14.4 Å². The third-order valence-corrected chi connectivity index (χ3v) is 11.5. The molecule has 282 valence electrons. The lowest BCUT2D eigenvalue weighted by atomic mass is 10.0. The number of carbonyl (C=O) groups is 4. The summed E-state index contributed by atoms with van der Waals surface area (Å²) in [6, 6.07) is 15.7. The van der Waals surface area contributed by atoms with Gasteiger partial charge in [0.05, 0.1) is 18.7 Å². The Morgan fingerprint density at radius 1 is 1.02 bits per heavy atom. The van der Waals surface area contributed by atoms with Crippen LogP contribution < -0.4 is 15.4 Å². The normalized spacial score (nSPS) is 24.3. The van der Waals surface area contributed by atoms with Crippen LogP contribution in [0.1, 0.15) is 61.5 Å². The van der Waals surface area contributed by atoms with Gasteiger partial charge >= 0.3 is 5.97 Å². The molecule has 15 heteroatoms. The van der Waals surface area contributed by atoms with Gasteiger partial charge in [-0.3, -0.25) is 14.4 Å². The van der Waals surface area contributed by atoms with Crippen molar-refractivity contribution in [1.82, 2.24) is 40.5 Å². The number of fused-ring (bicyclic) bond motifs is 3. The Bertz CT molecular complexity index is 2270. The molecule has 3 aromatic heterocycles. The van der Waals surface area contributed by atoms with Crippen molar-refractivity contribution in [2.45, 2.75) is 68.6 Å². The predicted octanol–water partition coefficient (Wildman–Crippen LogP) is 5.05. The largest absolute Gasteiger partial charge is 0.497 e. The molecule has 2 aromatic carbocycles. The van der Waals surface area contributed by atoms with Crippen LogP contribution in [0.25, 0.3) is 32.9 Å². The first-order valence-corrected chi connectivity index (χ1v) is 19.3. The maximum absolute atomic E-state index is 14.7. The predicted molar refractivity (Wildman–Crippen MR) is 204 cm³/mol. The second-order valence-corrected chi connectivity index (χ2v) is 15.1. The molecule has 0 spiro atoms. The van der Waals surface area contributed by atoms with Gasteiger partial charge in [-0.15, -0.1) is 16.4 Å². The quantitative estimate of drug-likeness (QED) is 0.190. The van der Waals surface area contributed by atoms with E-state index >= 15 is 0 Å². The molecule has 55 heavy (non-hydrogen) atoms.